The molecule has 4 heterocycles. The molecule has 0 radical (unpaired) electrons. The summed E-state index contributed by atoms with van der Waals surface area (Å²) in [4.78, 5) is 19.9. The van der Waals surface area contributed by atoms with Crippen LogP contribution < -0.4 is 4.74 Å². The summed E-state index contributed by atoms with van der Waals surface area (Å²) >= 11 is 0. The molecule has 32 heavy (non-hydrogen) atoms. The molecule has 0 N–H and O–H groups in total. The summed E-state index contributed by atoms with van der Waals surface area (Å²) in [5.74, 6) is -0.0879. The lowest BCUT2D eigenvalue weighted by molar-refractivity contribution is -0.0385. The van der Waals surface area contributed by atoms with E-state index in [2.05, 4.69) is 19.8 Å². The van der Waals surface area contributed by atoms with Crippen LogP contribution in [-0.4, -0.2) is 39.4 Å². The normalized spacial score (nSPS) is 16.2. The van der Waals surface area contributed by atoms with Crippen LogP contribution in [0.25, 0.3) is 11.4 Å². The zero-order valence-corrected chi connectivity index (χ0v) is 17.4. The Morgan fingerprint density at radius 1 is 1.25 bits per heavy atom. The minimum Gasteiger partial charge on any atom is -0.487 e. The van der Waals surface area contributed by atoms with Crippen LogP contribution in [0.15, 0.2) is 42.9 Å². The number of aromatic nitrogens is 4. The summed E-state index contributed by atoms with van der Waals surface area (Å²) in [5.41, 5.74) is 1.32. The van der Waals surface area contributed by atoms with Crippen LogP contribution in [0.4, 0.5) is 8.78 Å². The minimum atomic E-state index is -2.68. The van der Waals surface area contributed by atoms with Crippen molar-refractivity contribution in [2.75, 3.05) is 13.7 Å². The lowest BCUT2D eigenvalue weighted by atomic mass is 10.1. The van der Waals surface area contributed by atoms with Crippen molar-refractivity contribution in [3.8, 4) is 17.1 Å². The van der Waals surface area contributed by atoms with Crippen molar-refractivity contribution in [1.29, 1.82) is 0 Å². The summed E-state index contributed by atoms with van der Waals surface area (Å²) in [7, 11) is 1.28. The molecule has 0 spiro atoms. The fraction of sp³-hybridized carbons (Fsp3) is 0.364. The van der Waals surface area contributed by atoms with Gasteiger partial charge in [-0.05, 0) is 49.1 Å². The molecule has 3 aromatic heterocycles. The number of rotatable bonds is 7. The van der Waals surface area contributed by atoms with Gasteiger partial charge in [-0.3, -0.25) is 4.98 Å². The first-order chi connectivity index (χ1) is 15.6. The first-order valence-corrected chi connectivity index (χ1v) is 10.2. The second-order valence-electron chi connectivity index (χ2n) is 7.22. The molecule has 0 bridgehead atoms. The van der Waals surface area contributed by atoms with E-state index in [0.717, 1.165) is 18.4 Å². The minimum absolute atomic E-state index is 0.170. The van der Waals surface area contributed by atoms with E-state index in [9.17, 15) is 13.6 Å². The number of methoxy groups -OCH3 is 1. The van der Waals surface area contributed by atoms with Crippen LogP contribution in [0.5, 0.6) is 5.75 Å². The third-order valence-corrected chi connectivity index (χ3v) is 5.09. The Morgan fingerprint density at radius 2 is 2.12 bits per heavy atom. The molecule has 1 unspecified atom stereocenters. The lowest BCUT2D eigenvalue weighted by Crippen LogP contribution is -2.20. The summed E-state index contributed by atoms with van der Waals surface area (Å²) in [6.45, 7) is 0.741. The Bertz CT molecular complexity index is 1070. The molecule has 0 aliphatic carbocycles. The van der Waals surface area contributed by atoms with Crippen LogP contribution in [0.1, 0.15) is 53.5 Å². The third-order valence-electron chi connectivity index (χ3n) is 5.09. The highest BCUT2D eigenvalue weighted by molar-refractivity contribution is 5.87. The smallest absolute Gasteiger partial charge is 0.356 e. The molecule has 0 amide bonds. The van der Waals surface area contributed by atoms with Gasteiger partial charge in [0.1, 0.15) is 18.1 Å². The molecule has 0 saturated carbocycles. The van der Waals surface area contributed by atoms with Gasteiger partial charge in [0, 0.05) is 12.8 Å². The van der Waals surface area contributed by atoms with Gasteiger partial charge in [0.15, 0.2) is 6.23 Å². The van der Waals surface area contributed by atoms with Gasteiger partial charge in [-0.25, -0.2) is 23.2 Å². The molecule has 3 aromatic rings. The van der Waals surface area contributed by atoms with Crippen molar-refractivity contribution < 1.29 is 27.8 Å². The lowest BCUT2D eigenvalue weighted by Gasteiger charge is -2.24. The van der Waals surface area contributed by atoms with Crippen LogP contribution in [-0.2, 0) is 16.1 Å². The highest BCUT2D eigenvalue weighted by atomic mass is 19.3. The van der Waals surface area contributed by atoms with Crippen molar-refractivity contribution in [2.24, 2.45) is 0 Å². The van der Waals surface area contributed by atoms with E-state index in [1.807, 2.05) is 0 Å². The Morgan fingerprint density at radius 3 is 2.81 bits per heavy atom. The molecular weight excluding hydrogens is 422 g/mol. The average Bonchev–Trinajstić information content (AvgIpc) is 3.29. The molecule has 0 aromatic carbocycles. The molecule has 4 rings (SSSR count). The van der Waals surface area contributed by atoms with Crippen molar-refractivity contribution in [1.82, 2.24) is 19.7 Å². The highest BCUT2D eigenvalue weighted by Gasteiger charge is 2.26. The average molecular weight is 444 g/mol. The zero-order chi connectivity index (χ0) is 22.5. The monoisotopic (exact) mass is 444 g/mol. The first-order valence-electron chi connectivity index (χ1n) is 10.2. The molecule has 1 aliphatic rings. The number of ether oxygens (including phenoxy) is 3. The molecule has 1 aliphatic heterocycles. The second-order valence-corrected chi connectivity index (χ2v) is 7.22. The van der Waals surface area contributed by atoms with Gasteiger partial charge in [-0.2, -0.15) is 5.10 Å². The highest BCUT2D eigenvalue weighted by Crippen LogP contribution is 2.35. The van der Waals surface area contributed by atoms with E-state index in [1.54, 1.807) is 24.3 Å². The number of pyridine rings is 2. The third kappa shape index (κ3) is 4.75. The van der Waals surface area contributed by atoms with Gasteiger partial charge >= 0.3 is 5.97 Å². The van der Waals surface area contributed by atoms with Crippen LogP contribution in [0.2, 0.25) is 0 Å². The van der Waals surface area contributed by atoms with Crippen molar-refractivity contribution in [2.45, 2.75) is 38.5 Å². The number of carbonyl (C=O) groups excluding carboxylic acids is 1. The molecule has 1 saturated heterocycles. The number of carbonyl (C=O) groups is 1. The number of alkyl halides is 2. The number of nitrogens with zero attached hydrogens (tertiary/aromatic N) is 4. The van der Waals surface area contributed by atoms with Gasteiger partial charge in [-0.15, -0.1) is 0 Å². The first kappa shape index (κ1) is 21.8. The largest absolute Gasteiger partial charge is 0.487 e. The van der Waals surface area contributed by atoms with E-state index in [0.29, 0.717) is 24.5 Å². The maximum absolute atomic E-state index is 13.6. The van der Waals surface area contributed by atoms with Gasteiger partial charge in [-0.1, -0.05) is 0 Å². The molecule has 168 valence electrons. The Kier molecular flexibility index (Phi) is 6.69. The second kappa shape index (κ2) is 9.82. The van der Waals surface area contributed by atoms with E-state index in [1.165, 1.54) is 30.4 Å². The predicted molar refractivity (Wildman–Crippen MR) is 109 cm³/mol. The van der Waals surface area contributed by atoms with Crippen molar-refractivity contribution in [3.63, 3.8) is 0 Å². The SMILES string of the molecule is COC(=O)c1cc(COc2ccc(-c3c(C(F)F)cnn3C3CCCCO3)nc2)ccn1. The Balaban J connectivity index is 1.52. The Labute approximate surface area is 183 Å². The quantitative estimate of drug-likeness (QED) is 0.501. The summed E-state index contributed by atoms with van der Waals surface area (Å²) in [6.07, 6.45) is 3.65. The van der Waals surface area contributed by atoms with Gasteiger partial charge in [0.25, 0.3) is 6.43 Å². The van der Waals surface area contributed by atoms with Crippen LogP contribution in [0.3, 0.4) is 0 Å². The van der Waals surface area contributed by atoms with Gasteiger partial charge < -0.3 is 14.2 Å². The number of esters is 1. The van der Waals surface area contributed by atoms with E-state index >= 15 is 0 Å². The summed E-state index contributed by atoms with van der Waals surface area (Å²) in [5, 5.41) is 4.16. The maximum Gasteiger partial charge on any atom is 0.356 e. The fourth-order valence-corrected chi connectivity index (χ4v) is 3.49. The number of halogens is 2. The van der Waals surface area contributed by atoms with Crippen LogP contribution >= 0.6 is 0 Å². The molecule has 1 fully saturated rings. The topological polar surface area (TPSA) is 88.4 Å². The van der Waals surface area contributed by atoms with Crippen LogP contribution in [0, 0.1) is 0 Å². The molecular formula is C22H22F2N4O4. The summed E-state index contributed by atoms with van der Waals surface area (Å²) < 4.78 is 44.8. The summed E-state index contributed by atoms with van der Waals surface area (Å²) in [6, 6.07) is 6.56. The molecule has 1 atom stereocenters. The maximum atomic E-state index is 13.6. The zero-order valence-electron chi connectivity index (χ0n) is 17.4. The van der Waals surface area contributed by atoms with Gasteiger partial charge in [0.2, 0.25) is 0 Å². The number of hydrogen-bond acceptors (Lipinski definition) is 7. The molecule has 10 heteroatoms. The van der Waals surface area contributed by atoms with Crippen molar-refractivity contribution >= 4 is 5.97 Å². The van der Waals surface area contributed by atoms with Gasteiger partial charge in [0.05, 0.1) is 36.5 Å². The predicted octanol–water partition coefficient (Wildman–Crippen LogP) is 4.34. The van der Waals surface area contributed by atoms with E-state index in [4.69, 9.17) is 9.47 Å². The number of hydrogen-bond donors (Lipinski definition) is 0. The molecule has 8 nitrogen and oxygen atoms in total. The Hall–Kier alpha value is -3.40. The van der Waals surface area contributed by atoms with E-state index in [-0.39, 0.29) is 29.8 Å². The van der Waals surface area contributed by atoms with E-state index < -0.39 is 12.4 Å². The standard InChI is InChI=1S/C22H22F2N4O4/c1-30-22(29)18-10-14(7-8-25-18)13-32-15-5-6-17(26-11-15)20-16(21(23)24)12-27-28(20)19-4-2-3-9-31-19/h5-8,10-12,19,21H,2-4,9,13H2,1H3. The van der Waals surface area contributed by atoms with Crippen molar-refractivity contribution in [3.05, 3.63) is 59.7 Å². The fourth-order valence-electron chi connectivity index (χ4n) is 3.49.